The van der Waals surface area contributed by atoms with Gasteiger partial charge < -0.3 is 18.8 Å². The maximum Gasteiger partial charge on any atom is 0.143 e. The van der Waals surface area contributed by atoms with Gasteiger partial charge in [0.05, 0.1) is 6.95 Å². The first-order chi connectivity index (χ1) is 28.7. The van der Waals surface area contributed by atoms with Gasteiger partial charge in [-0.3, -0.25) is 0 Å². The molecule has 0 aliphatic heterocycles. The van der Waals surface area contributed by atoms with E-state index in [4.69, 9.17) is 26.7 Å². The monoisotopic (exact) mass is 826 g/mol. The minimum Gasteiger partial charge on any atom is -0.500 e. The van der Waals surface area contributed by atoms with Crippen LogP contribution in [0, 0.1) is 39.5 Å². The van der Waals surface area contributed by atoms with Gasteiger partial charge in [-0.05, 0) is 66.8 Å². The van der Waals surface area contributed by atoms with Gasteiger partial charge >= 0.3 is 0 Å². The summed E-state index contributed by atoms with van der Waals surface area (Å²) in [5.74, 6) is 0. The molecule has 5 heteroatoms. The summed E-state index contributed by atoms with van der Waals surface area (Å²) in [6.07, 6.45) is 2.48. The van der Waals surface area contributed by atoms with Crippen LogP contribution in [0.5, 0.6) is 0 Å². The zero-order valence-corrected chi connectivity index (χ0v) is 27.9. The van der Waals surface area contributed by atoms with Crippen LogP contribution >= 0.6 is 0 Å². The molecule has 0 unspecified atom stereocenters. The molecule has 0 aliphatic carbocycles. The van der Waals surface area contributed by atoms with E-state index in [9.17, 15) is 0 Å². The van der Waals surface area contributed by atoms with Gasteiger partial charge in [-0.15, -0.1) is 53.6 Å². The van der Waals surface area contributed by atoms with Gasteiger partial charge in [-0.25, -0.2) is 0 Å². The Balaban J connectivity index is 0.000000233. The Bertz CT molecular complexity index is 3040. The first kappa shape index (κ1) is 20.2. The van der Waals surface area contributed by atoms with Crippen LogP contribution in [0.1, 0.15) is 40.1 Å². The molecule has 0 saturated heterocycles. The average molecular weight is 826 g/mol. The number of furan rings is 2. The predicted octanol–water partition coefficient (Wildman–Crippen LogP) is 11.8. The smallest absolute Gasteiger partial charge is 0.143 e. The van der Waals surface area contributed by atoms with Crippen LogP contribution in [-0.2, 0) is 20.1 Å². The molecular weight excluding hydrogens is 781 g/mol. The van der Waals surface area contributed by atoms with E-state index in [1.54, 1.807) is 36.4 Å². The first-order valence-corrected chi connectivity index (χ1v) is 15.0. The molecule has 4 nitrogen and oxygen atoms in total. The minimum absolute atomic E-state index is 0. The zero-order chi connectivity index (χ0) is 43.6. The minimum atomic E-state index is -2.46. The molecule has 0 aliphatic rings. The van der Waals surface area contributed by atoms with Crippen LogP contribution in [0.2, 0.25) is 0 Å². The summed E-state index contributed by atoms with van der Waals surface area (Å²) in [5, 5.41) is 3.09. The van der Waals surface area contributed by atoms with Crippen molar-refractivity contribution in [1.82, 2.24) is 9.97 Å². The molecule has 0 saturated carbocycles. The van der Waals surface area contributed by atoms with Crippen LogP contribution < -0.4 is 0 Å². The molecule has 0 amide bonds. The van der Waals surface area contributed by atoms with Crippen molar-refractivity contribution in [3.63, 3.8) is 0 Å². The number of aryl methyl sites for hydroxylation is 4. The average Bonchev–Trinajstić information content (AvgIpc) is 3.78. The van der Waals surface area contributed by atoms with Gasteiger partial charge in [-0.1, -0.05) is 78.4 Å². The number of benzene rings is 5. The molecule has 9 aromatic rings. The van der Waals surface area contributed by atoms with Gasteiger partial charge in [0, 0.05) is 76.2 Å². The van der Waals surface area contributed by atoms with E-state index in [0.717, 1.165) is 16.4 Å². The van der Waals surface area contributed by atoms with Gasteiger partial charge in [0.2, 0.25) is 0 Å². The molecule has 0 atom stereocenters. The third-order valence-corrected chi connectivity index (χ3v) is 8.03. The first-order valence-electron chi connectivity index (χ1n) is 21.5. The maximum atomic E-state index is 8.28. The van der Waals surface area contributed by atoms with E-state index >= 15 is 0 Å². The van der Waals surface area contributed by atoms with Crippen LogP contribution in [0.25, 0.3) is 77.5 Å². The fourth-order valence-electron chi connectivity index (χ4n) is 5.82. The van der Waals surface area contributed by atoms with Crippen LogP contribution in [0.15, 0.2) is 130 Å². The topological polar surface area (TPSA) is 52.1 Å². The molecule has 9 rings (SSSR count). The van der Waals surface area contributed by atoms with E-state index in [1.807, 2.05) is 42.5 Å². The van der Waals surface area contributed by atoms with Crippen molar-refractivity contribution < 1.29 is 46.8 Å². The van der Waals surface area contributed by atoms with Gasteiger partial charge in [-0.2, -0.15) is 0 Å². The van der Waals surface area contributed by atoms with Gasteiger partial charge in [0.1, 0.15) is 16.7 Å². The predicted molar refractivity (Wildman–Crippen MR) is 196 cm³/mol. The summed E-state index contributed by atoms with van der Waals surface area (Å²) in [6.45, 7) is -9.19. The van der Waals surface area contributed by atoms with Crippen molar-refractivity contribution in [2.24, 2.45) is 0 Å². The molecule has 5 aromatic carbocycles. The molecule has 1 radical (unpaired) electrons. The molecule has 49 heavy (non-hydrogen) atoms. The maximum absolute atomic E-state index is 8.28. The van der Waals surface area contributed by atoms with E-state index < -0.39 is 27.4 Å². The van der Waals surface area contributed by atoms with Gasteiger partial charge in [0.15, 0.2) is 0 Å². The third-order valence-electron chi connectivity index (χ3n) is 8.03. The second-order valence-corrected chi connectivity index (χ2v) is 11.1. The Hall–Kier alpha value is -5.35. The fourth-order valence-corrected chi connectivity index (χ4v) is 5.82. The molecule has 0 spiro atoms. The molecule has 0 bridgehead atoms. The van der Waals surface area contributed by atoms with Crippen molar-refractivity contribution in [1.29, 1.82) is 0 Å². The van der Waals surface area contributed by atoms with Crippen molar-refractivity contribution in [2.45, 2.75) is 27.4 Å². The Morgan fingerprint density at radius 2 is 1.37 bits per heavy atom. The van der Waals surface area contributed by atoms with E-state index in [2.05, 4.69) is 22.1 Å². The van der Waals surface area contributed by atoms with E-state index in [0.29, 0.717) is 61.2 Å². The van der Waals surface area contributed by atoms with E-state index in [1.165, 1.54) is 36.7 Å². The number of rotatable bonds is 3. The van der Waals surface area contributed by atoms with Crippen LogP contribution in [0.4, 0.5) is 0 Å². The van der Waals surface area contributed by atoms with Gasteiger partial charge in [0.25, 0.3) is 0 Å². The summed E-state index contributed by atoms with van der Waals surface area (Å²) >= 11 is 0. The number of para-hydroxylation sites is 2. The Morgan fingerprint density at radius 3 is 2.16 bits per heavy atom. The van der Waals surface area contributed by atoms with Crippen molar-refractivity contribution in [2.75, 3.05) is 0 Å². The SMILES string of the molecule is [2H]C([2H])([2H])c1c[c-]c(-c2ccc(C([2H])([2H])[2H])cn2)cc1.[2H]c1cc(-c2[c-]ccc3c2oc2c(-c4cccc5c4oc4ccccc45)cc(C([2H])([2H])[2H])cc23)ncc1C([2H])([2H])[2H].[Ir]. The number of nitrogens with zero attached hydrogens (tertiary/aromatic N) is 2. The molecule has 4 heterocycles. The quantitative estimate of drug-likeness (QED) is 0.167. The Morgan fingerprint density at radius 1 is 0.592 bits per heavy atom. The summed E-state index contributed by atoms with van der Waals surface area (Å²) in [4.78, 5) is 8.40. The molecule has 4 aromatic heterocycles. The molecule has 0 N–H and O–H groups in total. The second kappa shape index (κ2) is 13.3. The van der Waals surface area contributed by atoms with Crippen molar-refractivity contribution >= 4 is 43.9 Å². The molecular formula is C44H32IrN2O2-2. The van der Waals surface area contributed by atoms with Crippen LogP contribution in [0.3, 0.4) is 0 Å². The largest absolute Gasteiger partial charge is 0.500 e. The summed E-state index contributed by atoms with van der Waals surface area (Å²) in [5.41, 5.74) is 5.76. The molecule has 0 fully saturated rings. The third kappa shape index (κ3) is 6.08. The number of fused-ring (bicyclic) bond motifs is 6. The molecule has 241 valence electrons. The summed E-state index contributed by atoms with van der Waals surface area (Å²) < 4.78 is 112. The normalized spacial score (nSPS) is 16.0. The van der Waals surface area contributed by atoms with Crippen LogP contribution in [-0.4, -0.2) is 9.97 Å². The zero-order valence-electron chi connectivity index (χ0n) is 38.5. The second-order valence-electron chi connectivity index (χ2n) is 11.1. The van der Waals surface area contributed by atoms with Crippen molar-refractivity contribution in [3.8, 4) is 33.6 Å². The summed E-state index contributed by atoms with van der Waals surface area (Å²) in [7, 11) is 0. The summed E-state index contributed by atoms with van der Waals surface area (Å²) in [6, 6.07) is 34.9. The number of hydrogen-bond acceptors (Lipinski definition) is 4. The fraction of sp³-hybridized carbons (Fsp3) is 0.0909. The number of aromatic nitrogens is 2. The van der Waals surface area contributed by atoms with Crippen molar-refractivity contribution in [3.05, 3.63) is 156 Å². The number of hydrogen-bond donors (Lipinski definition) is 0. The Kier molecular flexibility index (Phi) is 5.48. The number of pyridine rings is 2. The van der Waals surface area contributed by atoms with E-state index in [-0.39, 0.29) is 48.4 Å². The Labute approximate surface area is 317 Å². The standard InChI is InChI=1S/C31H20NO2.C13H12N.Ir/c1-18-13-14-27(32-17-18)24-11-6-10-23-26-16-19(2)15-25(31(26)34-30(23)24)22-9-5-8-21-20-7-3-4-12-28(20)33-29(21)22;1-10-3-6-12(7-4-10)13-8-5-11(2)9-14-13;/h3-10,12-17H,1-2H3;3-6,8-9H,1-2H3;/q2*-1;/i1D3,2D3,13D;1D3,2D3;.